The first kappa shape index (κ1) is 19.2. The first-order valence-electron chi connectivity index (χ1n) is 9.24. The van der Waals surface area contributed by atoms with Gasteiger partial charge in [0, 0.05) is 51.7 Å². The summed E-state index contributed by atoms with van der Waals surface area (Å²) in [5.74, 6) is -0.0627. The second-order valence-electron chi connectivity index (χ2n) is 6.34. The molecule has 9 nitrogen and oxygen atoms in total. The number of pyridine rings is 1. The molecule has 146 valence electrons. The van der Waals surface area contributed by atoms with Crippen LogP contribution in [0.4, 0.5) is 5.95 Å². The Morgan fingerprint density at radius 1 is 1.26 bits per heavy atom. The predicted molar refractivity (Wildman–Crippen MR) is 101 cm³/mol. The van der Waals surface area contributed by atoms with E-state index < -0.39 is 11.4 Å². The lowest BCUT2D eigenvalue weighted by atomic mass is 10.2. The average molecular weight is 375 g/mol. The quantitative estimate of drug-likeness (QED) is 0.710. The summed E-state index contributed by atoms with van der Waals surface area (Å²) >= 11 is 0. The van der Waals surface area contributed by atoms with E-state index in [9.17, 15) is 9.59 Å². The summed E-state index contributed by atoms with van der Waals surface area (Å²) in [5.41, 5.74) is 0.103. The highest BCUT2D eigenvalue weighted by Crippen LogP contribution is 2.16. The smallest absolute Gasteiger partial charge is 0.343 e. The maximum atomic E-state index is 12.7. The van der Waals surface area contributed by atoms with E-state index in [1.165, 1.54) is 12.4 Å². The summed E-state index contributed by atoms with van der Waals surface area (Å²) in [4.78, 5) is 38.0. The zero-order valence-corrected chi connectivity index (χ0v) is 15.7. The molecular formula is C18H25N5O4. The Labute approximate surface area is 157 Å². The SMILES string of the molecule is CCOC(=O)c1cn(CC)c2nc(N3CCN(CCO)CC3)ncc2c1=O. The Balaban J connectivity index is 1.95. The van der Waals surface area contributed by atoms with Crippen molar-refractivity contribution in [1.29, 1.82) is 0 Å². The van der Waals surface area contributed by atoms with Crippen molar-refractivity contribution in [2.45, 2.75) is 20.4 Å². The third kappa shape index (κ3) is 3.93. The van der Waals surface area contributed by atoms with Gasteiger partial charge >= 0.3 is 5.97 Å². The van der Waals surface area contributed by atoms with Crippen LogP contribution in [0.5, 0.6) is 0 Å². The van der Waals surface area contributed by atoms with Crippen molar-refractivity contribution in [3.8, 4) is 0 Å². The molecule has 0 amide bonds. The third-order valence-corrected chi connectivity index (χ3v) is 4.71. The van der Waals surface area contributed by atoms with Gasteiger partial charge < -0.3 is 19.3 Å². The first-order valence-corrected chi connectivity index (χ1v) is 9.24. The van der Waals surface area contributed by atoms with Gasteiger partial charge in [-0.25, -0.2) is 9.78 Å². The van der Waals surface area contributed by atoms with Crippen LogP contribution >= 0.6 is 0 Å². The van der Waals surface area contributed by atoms with Gasteiger partial charge in [0.25, 0.3) is 0 Å². The van der Waals surface area contributed by atoms with Crippen molar-refractivity contribution in [2.24, 2.45) is 0 Å². The molecule has 1 fully saturated rings. The summed E-state index contributed by atoms with van der Waals surface area (Å²) in [7, 11) is 0. The van der Waals surface area contributed by atoms with Crippen molar-refractivity contribution in [2.75, 3.05) is 50.8 Å². The van der Waals surface area contributed by atoms with Gasteiger partial charge in [-0.05, 0) is 13.8 Å². The number of hydrogen-bond acceptors (Lipinski definition) is 8. The Hall–Kier alpha value is -2.52. The molecule has 27 heavy (non-hydrogen) atoms. The van der Waals surface area contributed by atoms with Crippen LogP contribution in [0.2, 0.25) is 0 Å². The summed E-state index contributed by atoms with van der Waals surface area (Å²) in [5, 5.41) is 9.36. The second kappa shape index (κ2) is 8.45. The highest BCUT2D eigenvalue weighted by atomic mass is 16.5. The molecule has 0 unspecified atom stereocenters. The molecule has 0 spiro atoms. The number of carbonyl (C=O) groups is 1. The Bertz CT molecular complexity index is 874. The fourth-order valence-corrected chi connectivity index (χ4v) is 3.22. The molecule has 1 N–H and O–H groups in total. The van der Waals surface area contributed by atoms with Gasteiger partial charge in [-0.2, -0.15) is 4.98 Å². The normalized spacial score (nSPS) is 15.3. The lowest BCUT2D eigenvalue weighted by Gasteiger charge is -2.34. The number of hydrogen-bond donors (Lipinski definition) is 1. The van der Waals surface area contributed by atoms with E-state index in [1.54, 1.807) is 11.5 Å². The van der Waals surface area contributed by atoms with Crippen LogP contribution < -0.4 is 10.3 Å². The highest BCUT2D eigenvalue weighted by Gasteiger charge is 2.21. The molecule has 2 aromatic rings. The first-order chi connectivity index (χ1) is 13.1. The van der Waals surface area contributed by atoms with Crippen LogP contribution in [-0.4, -0.2) is 76.4 Å². The monoisotopic (exact) mass is 375 g/mol. The summed E-state index contributed by atoms with van der Waals surface area (Å²) in [6, 6.07) is 0. The summed E-state index contributed by atoms with van der Waals surface area (Å²) < 4.78 is 6.76. The molecule has 3 heterocycles. The molecule has 9 heteroatoms. The molecule has 0 bridgehead atoms. The fraction of sp³-hybridized carbons (Fsp3) is 0.556. The Morgan fingerprint density at radius 2 is 2.00 bits per heavy atom. The van der Waals surface area contributed by atoms with Crippen LogP contribution in [0.15, 0.2) is 17.2 Å². The lowest BCUT2D eigenvalue weighted by Crippen LogP contribution is -2.47. The van der Waals surface area contributed by atoms with Crippen LogP contribution in [0.25, 0.3) is 11.0 Å². The molecule has 0 radical (unpaired) electrons. The summed E-state index contributed by atoms with van der Waals surface area (Å²) in [6.45, 7) is 8.36. The number of esters is 1. The van der Waals surface area contributed by atoms with Crippen LogP contribution in [0.1, 0.15) is 24.2 Å². The number of aryl methyl sites for hydroxylation is 1. The number of aromatic nitrogens is 3. The lowest BCUT2D eigenvalue weighted by molar-refractivity contribution is 0.0524. The van der Waals surface area contributed by atoms with Gasteiger partial charge in [0.15, 0.2) is 0 Å². The van der Waals surface area contributed by atoms with Gasteiger partial charge in [0.2, 0.25) is 11.4 Å². The average Bonchev–Trinajstić information content (AvgIpc) is 2.69. The molecule has 0 aromatic carbocycles. The van der Waals surface area contributed by atoms with Crippen LogP contribution in [0.3, 0.4) is 0 Å². The number of anilines is 1. The molecule has 1 aliphatic rings. The van der Waals surface area contributed by atoms with Crippen molar-refractivity contribution in [3.63, 3.8) is 0 Å². The van der Waals surface area contributed by atoms with Crippen molar-refractivity contribution < 1.29 is 14.6 Å². The number of β-amino-alcohol motifs (C(OH)–C–C–N with tert-alkyl or cyclic N) is 1. The van der Waals surface area contributed by atoms with Crippen molar-refractivity contribution in [1.82, 2.24) is 19.4 Å². The van der Waals surface area contributed by atoms with E-state index in [0.29, 0.717) is 30.1 Å². The molecule has 2 aromatic heterocycles. The molecular weight excluding hydrogens is 350 g/mol. The van der Waals surface area contributed by atoms with E-state index in [-0.39, 0.29) is 18.8 Å². The van der Waals surface area contributed by atoms with E-state index in [0.717, 1.165) is 26.2 Å². The molecule has 0 aliphatic carbocycles. The van der Waals surface area contributed by atoms with Gasteiger partial charge in [-0.15, -0.1) is 0 Å². The van der Waals surface area contributed by atoms with E-state index >= 15 is 0 Å². The molecule has 1 saturated heterocycles. The zero-order valence-electron chi connectivity index (χ0n) is 15.7. The zero-order chi connectivity index (χ0) is 19.4. The van der Waals surface area contributed by atoms with Crippen molar-refractivity contribution >= 4 is 23.0 Å². The number of aliphatic hydroxyl groups is 1. The van der Waals surface area contributed by atoms with E-state index in [1.807, 2.05) is 6.92 Å². The standard InChI is InChI=1S/C18H25N5O4/c1-3-22-12-14(17(26)27-4-2)15(25)13-11-19-18(20-16(13)22)23-7-5-21(6-8-23)9-10-24/h11-12,24H,3-10H2,1-2H3. The number of piperazine rings is 1. The minimum Gasteiger partial charge on any atom is -0.462 e. The molecule has 1 aliphatic heterocycles. The highest BCUT2D eigenvalue weighted by molar-refractivity contribution is 5.93. The molecule has 0 saturated carbocycles. The van der Waals surface area contributed by atoms with E-state index in [4.69, 9.17) is 9.84 Å². The van der Waals surface area contributed by atoms with Crippen LogP contribution in [-0.2, 0) is 11.3 Å². The maximum Gasteiger partial charge on any atom is 0.343 e. The number of ether oxygens (including phenoxy) is 1. The Morgan fingerprint density at radius 3 is 2.63 bits per heavy atom. The van der Waals surface area contributed by atoms with Gasteiger partial charge in [0.05, 0.1) is 18.6 Å². The summed E-state index contributed by atoms with van der Waals surface area (Å²) in [6.07, 6.45) is 3.01. The third-order valence-electron chi connectivity index (χ3n) is 4.71. The molecule has 0 atom stereocenters. The van der Waals surface area contributed by atoms with Gasteiger partial charge in [-0.1, -0.05) is 0 Å². The molecule has 3 rings (SSSR count). The fourth-order valence-electron chi connectivity index (χ4n) is 3.22. The van der Waals surface area contributed by atoms with Gasteiger partial charge in [-0.3, -0.25) is 9.69 Å². The maximum absolute atomic E-state index is 12.7. The van der Waals surface area contributed by atoms with Gasteiger partial charge in [0.1, 0.15) is 11.2 Å². The van der Waals surface area contributed by atoms with Crippen molar-refractivity contribution in [3.05, 3.63) is 28.2 Å². The second-order valence-corrected chi connectivity index (χ2v) is 6.34. The topological polar surface area (TPSA) is 101 Å². The minimum atomic E-state index is -0.629. The Kier molecular flexibility index (Phi) is 6.02. The number of aliphatic hydroxyl groups excluding tert-OH is 1. The number of rotatable bonds is 6. The largest absolute Gasteiger partial charge is 0.462 e. The number of nitrogens with zero attached hydrogens (tertiary/aromatic N) is 5. The van der Waals surface area contributed by atoms with E-state index in [2.05, 4.69) is 19.8 Å². The number of carbonyl (C=O) groups excluding carboxylic acids is 1. The predicted octanol–water partition coefficient (Wildman–Crippen LogP) is 0.102. The minimum absolute atomic E-state index is 0.000155. The number of fused-ring (bicyclic) bond motifs is 1. The van der Waals surface area contributed by atoms with Crippen LogP contribution in [0, 0.1) is 0 Å².